The lowest BCUT2D eigenvalue weighted by Crippen LogP contribution is -2.31. The van der Waals surface area contributed by atoms with Gasteiger partial charge in [-0.3, -0.25) is 9.59 Å². The number of carbonyl (C=O) groups excluding carboxylic acids is 2. The van der Waals surface area contributed by atoms with Gasteiger partial charge < -0.3 is 10.2 Å². The van der Waals surface area contributed by atoms with Gasteiger partial charge in [0.2, 0.25) is 0 Å². The summed E-state index contributed by atoms with van der Waals surface area (Å²) in [4.78, 5) is 29.2. The van der Waals surface area contributed by atoms with Crippen LogP contribution in [0.4, 0.5) is 5.69 Å². The van der Waals surface area contributed by atoms with E-state index in [9.17, 15) is 13.8 Å². The summed E-state index contributed by atoms with van der Waals surface area (Å²) in [6.45, 7) is 0.694. The summed E-state index contributed by atoms with van der Waals surface area (Å²) in [6.07, 6.45) is 0.705. The van der Waals surface area contributed by atoms with Crippen molar-refractivity contribution in [2.45, 2.75) is 22.8 Å². The molecule has 5 nitrogen and oxygen atoms in total. The monoisotopic (exact) mass is 514 g/mol. The third-order valence-electron chi connectivity index (χ3n) is 6.05. The largest absolute Gasteiger partial charge is 0.352 e. The molecule has 7 heteroatoms. The Morgan fingerprint density at radius 2 is 1.58 bits per heavy atom. The van der Waals surface area contributed by atoms with Gasteiger partial charge in [0.05, 0.1) is 38.4 Å². The van der Waals surface area contributed by atoms with E-state index in [2.05, 4.69) is 5.32 Å². The maximum atomic E-state index is 13.7. The summed E-state index contributed by atoms with van der Waals surface area (Å²) < 4.78 is 13.5. The zero-order valence-corrected chi connectivity index (χ0v) is 20.9. The lowest BCUT2D eigenvalue weighted by atomic mass is 10.1. The van der Waals surface area contributed by atoms with Crippen LogP contribution in [0.25, 0.3) is 0 Å². The minimum Gasteiger partial charge on any atom is -0.352 e. The van der Waals surface area contributed by atoms with Gasteiger partial charge in [0.15, 0.2) is 0 Å². The molecule has 1 N–H and O–H groups in total. The molecule has 4 aromatic rings. The summed E-state index contributed by atoms with van der Waals surface area (Å²) in [5.41, 5.74) is 3.18. The first-order valence-corrected chi connectivity index (χ1v) is 13.1. The van der Waals surface area contributed by atoms with Crippen LogP contribution < -0.4 is 10.2 Å². The average Bonchev–Trinajstić information content (AvgIpc) is 2.98. The van der Waals surface area contributed by atoms with Crippen LogP contribution in [-0.2, 0) is 23.8 Å². The lowest BCUT2D eigenvalue weighted by molar-refractivity contribution is 0.0950. The molecule has 0 unspecified atom stereocenters. The van der Waals surface area contributed by atoms with Gasteiger partial charge >= 0.3 is 0 Å². The van der Waals surface area contributed by atoms with Crippen LogP contribution >= 0.6 is 11.6 Å². The SMILES string of the molecule is O=C(NCCc1ccccc1)c1ccc2c(c1)N(Cc1cccc(Cl)c1)C(=O)c1ccccc1[S@]2=O. The first-order chi connectivity index (χ1) is 17.5. The minimum absolute atomic E-state index is 0.219. The van der Waals surface area contributed by atoms with E-state index < -0.39 is 10.8 Å². The molecule has 0 aliphatic carbocycles. The fourth-order valence-corrected chi connectivity index (χ4v) is 5.80. The van der Waals surface area contributed by atoms with E-state index in [1.54, 1.807) is 59.5 Å². The van der Waals surface area contributed by atoms with Gasteiger partial charge in [-0.2, -0.15) is 0 Å². The normalized spacial score (nSPS) is 14.5. The van der Waals surface area contributed by atoms with E-state index in [4.69, 9.17) is 11.6 Å². The molecule has 0 saturated heterocycles. The molecule has 36 heavy (non-hydrogen) atoms. The Labute approximate surface area is 217 Å². The topological polar surface area (TPSA) is 66.5 Å². The molecule has 1 aliphatic rings. The second-order valence-corrected chi connectivity index (χ2v) is 10.3. The molecule has 1 heterocycles. The van der Waals surface area contributed by atoms with Crippen molar-refractivity contribution >= 4 is 39.9 Å². The molecule has 180 valence electrons. The first-order valence-electron chi connectivity index (χ1n) is 11.5. The number of amides is 2. The minimum atomic E-state index is -1.58. The zero-order valence-electron chi connectivity index (χ0n) is 19.3. The summed E-state index contributed by atoms with van der Waals surface area (Å²) in [5, 5.41) is 3.51. The van der Waals surface area contributed by atoms with E-state index in [-0.39, 0.29) is 18.4 Å². The van der Waals surface area contributed by atoms with Crippen molar-refractivity contribution in [1.29, 1.82) is 0 Å². The van der Waals surface area contributed by atoms with Gasteiger partial charge in [-0.05, 0) is 60.0 Å². The number of halogens is 1. The summed E-state index contributed by atoms with van der Waals surface area (Å²) in [7, 11) is -1.58. The number of rotatable bonds is 6. The highest BCUT2D eigenvalue weighted by atomic mass is 35.5. The number of anilines is 1. The van der Waals surface area contributed by atoms with Crippen molar-refractivity contribution in [2.24, 2.45) is 0 Å². The molecular formula is C29H23ClN2O3S. The fraction of sp³-hybridized carbons (Fsp3) is 0.103. The van der Waals surface area contributed by atoms with Gasteiger partial charge in [-0.25, -0.2) is 4.21 Å². The summed E-state index contributed by atoms with van der Waals surface area (Å²) >= 11 is 6.19. The van der Waals surface area contributed by atoms with Crippen molar-refractivity contribution < 1.29 is 13.8 Å². The lowest BCUT2D eigenvalue weighted by Gasteiger charge is -2.24. The number of benzene rings is 4. The fourth-order valence-electron chi connectivity index (χ4n) is 4.25. The van der Waals surface area contributed by atoms with E-state index in [0.29, 0.717) is 44.6 Å². The Morgan fingerprint density at radius 1 is 0.833 bits per heavy atom. The number of fused-ring (bicyclic) bond motifs is 2. The Hall–Kier alpha value is -3.74. The third kappa shape index (κ3) is 4.96. The van der Waals surface area contributed by atoms with Crippen LogP contribution in [0, 0.1) is 0 Å². The molecule has 0 bridgehead atoms. The third-order valence-corrected chi connectivity index (χ3v) is 7.78. The maximum absolute atomic E-state index is 13.7. The second-order valence-electron chi connectivity index (χ2n) is 8.46. The van der Waals surface area contributed by atoms with Crippen LogP contribution in [0.15, 0.2) is 107 Å². The molecule has 0 fully saturated rings. The van der Waals surface area contributed by atoms with Crippen LogP contribution in [-0.4, -0.2) is 22.6 Å². The number of nitrogens with one attached hydrogen (secondary N) is 1. The zero-order chi connectivity index (χ0) is 25.1. The van der Waals surface area contributed by atoms with E-state index in [1.807, 2.05) is 42.5 Å². The molecule has 0 spiro atoms. The molecule has 1 atom stereocenters. The summed E-state index contributed by atoms with van der Waals surface area (Å²) in [5.74, 6) is -0.532. The van der Waals surface area contributed by atoms with Crippen molar-refractivity contribution in [2.75, 3.05) is 11.4 Å². The van der Waals surface area contributed by atoms with E-state index >= 15 is 0 Å². The Kier molecular flexibility index (Phi) is 6.98. The molecular weight excluding hydrogens is 492 g/mol. The highest BCUT2D eigenvalue weighted by Crippen LogP contribution is 2.36. The average molecular weight is 515 g/mol. The Bertz CT molecular complexity index is 1470. The number of hydrogen-bond acceptors (Lipinski definition) is 3. The highest BCUT2D eigenvalue weighted by molar-refractivity contribution is 7.85. The molecule has 0 radical (unpaired) electrons. The van der Waals surface area contributed by atoms with Crippen molar-refractivity contribution in [3.63, 3.8) is 0 Å². The van der Waals surface area contributed by atoms with Crippen LogP contribution in [0.5, 0.6) is 0 Å². The quantitative estimate of drug-likeness (QED) is 0.362. The molecule has 0 saturated carbocycles. The van der Waals surface area contributed by atoms with Gasteiger partial charge in [0.25, 0.3) is 11.8 Å². The van der Waals surface area contributed by atoms with Gasteiger partial charge in [-0.1, -0.05) is 66.2 Å². The second kappa shape index (κ2) is 10.5. The Morgan fingerprint density at radius 3 is 2.39 bits per heavy atom. The van der Waals surface area contributed by atoms with Gasteiger partial charge in [0, 0.05) is 17.1 Å². The molecule has 5 rings (SSSR count). The van der Waals surface area contributed by atoms with Gasteiger partial charge in [-0.15, -0.1) is 0 Å². The smallest absolute Gasteiger partial charge is 0.259 e. The van der Waals surface area contributed by atoms with Crippen LogP contribution in [0.3, 0.4) is 0 Å². The predicted molar refractivity (Wildman–Crippen MR) is 142 cm³/mol. The number of carbonyl (C=O) groups is 2. The van der Waals surface area contributed by atoms with Crippen LogP contribution in [0.1, 0.15) is 31.8 Å². The van der Waals surface area contributed by atoms with Crippen molar-refractivity contribution in [3.05, 3.63) is 124 Å². The number of hydrogen-bond donors (Lipinski definition) is 1. The standard InChI is InChI=1S/C29H23ClN2O3S/c30-23-10-6-9-21(17-23)19-32-25-18-22(28(33)31-16-15-20-7-2-1-3-8-20)13-14-27(25)36(35)26-12-5-4-11-24(26)29(32)34/h1-14,17-18H,15-16,19H2,(H,31,33)/t36-/m1/s1. The predicted octanol–water partition coefficient (Wildman–Crippen LogP) is 5.64. The first kappa shape index (κ1) is 24.0. The van der Waals surface area contributed by atoms with E-state index in [1.165, 1.54) is 0 Å². The maximum Gasteiger partial charge on any atom is 0.259 e. The highest BCUT2D eigenvalue weighted by Gasteiger charge is 2.31. The Balaban J connectivity index is 1.49. The van der Waals surface area contributed by atoms with E-state index in [0.717, 1.165) is 11.1 Å². The molecule has 4 aromatic carbocycles. The number of nitrogens with zero attached hydrogens (tertiary/aromatic N) is 1. The molecule has 1 aliphatic heterocycles. The van der Waals surface area contributed by atoms with Crippen molar-refractivity contribution in [3.8, 4) is 0 Å². The van der Waals surface area contributed by atoms with Gasteiger partial charge in [0.1, 0.15) is 0 Å². The molecule has 0 aromatic heterocycles. The van der Waals surface area contributed by atoms with Crippen molar-refractivity contribution in [1.82, 2.24) is 5.32 Å². The summed E-state index contributed by atoms with van der Waals surface area (Å²) in [6, 6.07) is 29.1. The van der Waals surface area contributed by atoms with Crippen LogP contribution in [0.2, 0.25) is 5.02 Å². The molecule has 2 amide bonds.